The van der Waals surface area contributed by atoms with E-state index in [9.17, 15) is 0 Å². The maximum absolute atomic E-state index is 4.08. The highest BCUT2D eigenvalue weighted by atomic mass is 15.3. The zero-order chi connectivity index (χ0) is 33.0. The lowest BCUT2D eigenvalue weighted by Crippen LogP contribution is -2.66. The van der Waals surface area contributed by atoms with Crippen molar-refractivity contribution in [1.82, 2.24) is 20.4 Å². The van der Waals surface area contributed by atoms with Crippen molar-refractivity contribution in [3.63, 3.8) is 0 Å². The third-order valence-electron chi connectivity index (χ3n) is 18.7. The molecule has 14 unspecified atom stereocenters. The Balaban J connectivity index is 0.964. The zero-order valence-electron chi connectivity index (χ0n) is 32.3. The Labute approximate surface area is 308 Å². The van der Waals surface area contributed by atoms with Crippen molar-refractivity contribution in [2.75, 3.05) is 13.1 Å². The standard InChI is InChI=1S/C46H78N4/c1-3-11-33(12-4-1)49(41-19-7-17-39-35(41)15-9-29-47-39)43-27-23-31-22-26-38-44(28-24-32-21-25-37(43)45(31)46(32)38)50(34-13-5-2-6-14-34)42-20-8-18-40-36(42)16-10-30-48-40/h31-48H,1-30H2. The van der Waals surface area contributed by atoms with Gasteiger partial charge in [0.15, 0.2) is 0 Å². The first-order valence-corrected chi connectivity index (χ1v) is 23.8. The number of hydrogen-bond donors (Lipinski definition) is 2. The van der Waals surface area contributed by atoms with E-state index in [0.717, 1.165) is 95.7 Å². The number of fused-ring (bicyclic) bond motifs is 2. The van der Waals surface area contributed by atoms with E-state index in [0.29, 0.717) is 0 Å². The molecule has 2 aliphatic heterocycles. The van der Waals surface area contributed by atoms with Gasteiger partial charge in [0, 0.05) is 48.3 Å². The molecule has 0 spiro atoms. The Hall–Kier alpha value is -0.160. The molecule has 2 N–H and O–H groups in total. The maximum Gasteiger partial charge on any atom is 0.0144 e. The third-order valence-corrected chi connectivity index (χ3v) is 18.7. The van der Waals surface area contributed by atoms with Gasteiger partial charge in [0.2, 0.25) is 0 Å². The van der Waals surface area contributed by atoms with Crippen LogP contribution in [0.15, 0.2) is 0 Å². The van der Waals surface area contributed by atoms with Crippen LogP contribution < -0.4 is 10.6 Å². The van der Waals surface area contributed by atoms with Gasteiger partial charge in [0.25, 0.3) is 0 Å². The van der Waals surface area contributed by atoms with Gasteiger partial charge in [-0.1, -0.05) is 51.4 Å². The minimum atomic E-state index is 0.823. The summed E-state index contributed by atoms with van der Waals surface area (Å²) in [6, 6.07) is 7.03. The van der Waals surface area contributed by atoms with E-state index < -0.39 is 0 Å². The predicted octanol–water partition coefficient (Wildman–Crippen LogP) is 9.71. The molecule has 50 heavy (non-hydrogen) atoms. The normalized spacial score (nSPS) is 48.8. The fraction of sp³-hybridized carbons (Fsp3) is 1.00. The van der Waals surface area contributed by atoms with Crippen molar-refractivity contribution in [2.24, 2.45) is 47.3 Å². The van der Waals surface area contributed by atoms with E-state index in [1.807, 2.05) is 0 Å². The Kier molecular flexibility index (Phi) is 10.4. The molecular formula is C46H78N4. The summed E-state index contributed by atoms with van der Waals surface area (Å²) in [6.45, 7) is 2.57. The molecule has 282 valence electrons. The fourth-order valence-electron chi connectivity index (χ4n) is 17.1. The Morgan fingerprint density at radius 1 is 0.300 bits per heavy atom. The monoisotopic (exact) mass is 687 g/mol. The van der Waals surface area contributed by atoms with Gasteiger partial charge in [-0.2, -0.15) is 0 Å². The maximum atomic E-state index is 4.08. The number of nitrogens with one attached hydrogen (secondary N) is 2. The lowest BCUT2D eigenvalue weighted by molar-refractivity contribution is -0.156. The highest BCUT2D eigenvalue weighted by Gasteiger charge is 2.59. The minimum Gasteiger partial charge on any atom is -0.314 e. The largest absolute Gasteiger partial charge is 0.314 e. The number of rotatable bonds is 6. The summed E-state index contributed by atoms with van der Waals surface area (Å²) in [5.74, 6) is 8.15. The summed E-state index contributed by atoms with van der Waals surface area (Å²) in [5.41, 5.74) is 0. The molecule has 0 aromatic heterocycles. The number of hydrogen-bond acceptors (Lipinski definition) is 4. The molecule has 0 bridgehead atoms. The van der Waals surface area contributed by atoms with E-state index in [1.165, 1.54) is 142 Å². The van der Waals surface area contributed by atoms with Crippen LogP contribution in [0.4, 0.5) is 0 Å². The van der Waals surface area contributed by atoms with Crippen LogP contribution in [0.5, 0.6) is 0 Å². The molecule has 10 rings (SSSR count). The molecule has 2 heterocycles. The molecule has 10 aliphatic rings. The van der Waals surface area contributed by atoms with E-state index in [4.69, 9.17) is 0 Å². The molecule has 14 atom stereocenters. The van der Waals surface area contributed by atoms with Crippen molar-refractivity contribution in [1.29, 1.82) is 0 Å². The third kappa shape index (κ3) is 6.23. The van der Waals surface area contributed by atoms with Crippen molar-refractivity contribution in [3.8, 4) is 0 Å². The lowest BCUT2D eigenvalue weighted by Gasteiger charge is -2.65. The molecule has 10 fully saturated rings. The molecule has 0 radical (unpaired) electrons. The second kappa shape index (κ2) is 15.2. The Morgan fingerprint density at radius 3 is 1.18 bits per heavy atom. The highest BCUT2D eigenvalue weighted by molar-refractivity contribution is 5.11. The average Bonchev–Trinajstić information content (AvgIpc) is 3.19. The van der Waals surface area contributed by atoms with Gasteiger partial charge < -0.3 is 10.6 Å². The topological polar surface area (TPSA) is 30.5 Å². The first-order chi connectivity index (χ1) is 24.8. The van der Waals surface area contributed by atoms with Gasteiger partial charge in [-0.3, -0.25) is 9.80 Å². The first kappa shape index (κ1) is 34.3. The van der Waals surface area contributed by atoms with Crippen LogP contribution in [-0.2, 0) is 0 Å². The molecule has 4 heteroatoms. The van der Waals surface area contributed by atoms with Crippen molar-refractivity contribution >= 4 is 0 Å². The zero-order valence-corrected chi connectivity index (χ0v) is 32.3. The van der Waals surface area contributed by atoms with Gasteiger partial charge in [-0.15, -0.1) is 0 Å². The summed E-state index contributed by atoms with van der Waals surface area (Å²) in [5, 5.41) is 8.16. The second-order valence-electron chi connectivity index (χ2n) is 20.7. The van der Waals surface area contributed by atoms with Gasteiger partial charge in [-0.05, 0) is 189 Å². The molecule has 8 aliphatic carbocycles. The first-order valence-electron chi connectivity index (χ1n) is 23.8. The van der Waals surface area contributed by atoms with E-state index in [2.05, 4.69) is 20.4 Å². The summed E-state index contributed by atoms with van der Waals surface area (Å²) < 4.78 is 0. The van der Waals surface area contributed by atoms with Crippen molar-refractivity contribution < 1.29 is 0 Å². The quantitative estimate of drug-likeness (QED) is 0.291. The summed E-state index contributed by atoms with van der Waals surface area (Å²) >= 11 is 0. The van der Waals surface area contributed by atoms with E-state index >= 15 is 0 Å². The summed E-state index contributed by atoms with van der Waals surface area (Å²) in [7, 11) is 0. The molecular weight excluding hydrogens is 609 g/mol. The van der Waals surface area contributed by atoms with Crippen LogP contribution >= 0.6 is 0 Å². The molecule has 0 amide bonds. The van der Waals surface area contributed by atoms with Crippen molar-refractivity contribution in [3.05, 3.63) is 0 Å². The predicted molar refractivity (Wildman–Crippen MR) is 207 cm³/mol. The summed E-state index contributed by atoms with van der Waals surface area (Å²) in [6.07, 6.45) is 42.6. The van der Waals surface area contributed by atoms with Crippen LogP contribution in [0.3, 0.4) is 0 Å². The molecule has 4 nitrogen and oxygen atoms in total. The number of piperidine rings is 2. The molecule has 8 saturated carbocycles. The second-order valence-corrected chi connectivity index (χ2v) is 20.7. The van der Waals surface area contributed by atoms with Gasteiger partial charge in [-0.25, -0.2) is 0 Å². The fourth-order valence-corrected chi connectivity index (χ4v) is 17.1. The van der Waals surface area contributed by atoms with Gasteiger partial charge in [0.1, 0.15) is 0 Å². The van der Waals surface area contributed by atoms with Gasteiger partial charge >= 0.3 is 0 Å². The molecule has 0 aromatic carbocycles. The Morgan fingerprint density at radius 2 is 0.720 bits per heavy atom. The Bertz CT molecular complexity index is 1020. The van der Waals surface area contributed by atoms with Crippen molar-refractivity contribution in [2.45, 2.75) is 228 Å². The van der Waals surface area contributed by atoms with Crippen LogP contribution in [0.25, 0.3) is 0 Å². The minimum absolute atomic E-state index is 0.823. The smallest absolute Gasteiger partial charge is 0.0144 e. The van der Waals surface area contributed by atoms with Crippen LogP contribution in [-0.4, -0.2) is 71.2 Å². The lowest BCUT2D eigenvalue weighted by atomic mass is 9.46. The molecule has 2 saturated heterocycles. The van der Waals surface area contributed by atoms with Crippen LogP contribution in [0, 0.1) is 47.3 Å². The van der Waals surface area contributed by atoms with E-state index in [1.54, 1.807) is 51.4 Å². The van der Waals surface area contributed by atoms with E-state index in [-0.39, 0.29) is 0 Å². The SMILES string of the molecule is C1CCC(N(C2CCCC3NCCCC32)C2CCC3CCC4C5C(CCC2C35)CCC4N(C2CCCCC2)C2CCCC3NCCCC32)CC1. The van der Waals surface area contributed by atoms with Crippen LogP contribution in [0.1, 0.15) is 180 Å². The summed E-state index contributed by atoms with van der Waals surface area (Å²) in [4.78, 5) is 6.86. The van der Waals surface area contributed by atoms with Gasteiger partial charge in [0.05, 0.1) is 0 Å². The number of nitrogens with zero attached hydrogens (tertiary/aromatic N) is 2. The molecule has 0 aromatic rings. The highest BCUT2D eigenvalue weighted by Crippen LogP contribution is 2.62. The van der Waals surface area contributed by atoms with Crippen LogP contribution in [0.2, 0.25) is 0 Å². The average molecular weight is 687 g/mol.